The van der Waals surface area contributed by atoms with Crippen LogP contribution in [0.5, 0.6) is 0 Å². The molecule has 0 aliphatic heterocycles. The number of hydrogen-bond donors (Lipinski definition) is 1. The van der Waals surface area contributed by atoms with Crippen molar-refractivity contribution in [3.63, 3.8) is 0 Å². The minimum absolute atomic E-state index is 0.151. The van der Waals surface area contributed by atoms with E-state index in [1.54, 1.807) is 6.20 Å². The van der Waals surface area contributed by atoms with Crippen molar-refractivity contribution in [1.29, 1.82) is 0 Å². The van der Waals surface area contributed by atoms with Crippen LogP contribution in [0.2, 0.25) is 0 Å². The number of nitrogens with one attached hydrogen (secondary N) is 1. The Hall–Kier alpha value is -0.350. The highest BCUT2D eigenvalue weighted by molar-refractivity contribution is 9.10. The smallest absolute Gasteiger partial charge is 0.223 e. The average Bonchev–Trinajstić information content (AvgIpc) is 2.23. The summed E-state index contributed by atoms with van der Waals surface area (Å²) in [4.78, 5) is 8.52. The Morgan fingerprint density at radius 3 is 2.73 bits per heavy atom. The molecule has 0 aliphatic rings. The molecule has 1 aromatic rings. The molecule has 1 rings (SSSR count). The second kappa shape index (κ2) is 5.12. The van der Waals surface area contributed by atoms with Gasteiger partial charge in [-0.15, -0.1) is 11.6 Å². The highest BCUT2D eigenvalue weighted by Crippen LogP contribution is 2.19. The fraction of sp³-hybridized carbons (Fsp3) is 0.600. The first-order valence-corrected chi connectivity index (χ1v) is 6.17. The molecule has 0 amide bonds. The number of alkyl halides is 1. The first-order valence-electron chi connectivity index (χ1n) is 4.84. The van der Waals surface area contributed by atoms with Crippen molar-refractivity contribution in [2.24, 2.45) is 0 Å². The summed E-state index contributed by atoms with van der Waals surface area (Å²) >= 11 is 9.27. The van der Waals surface area contributed by atoms with Crippen molar-refractivity contribution in [2.45, 2.75) is 32.7 Å². The Morgan fingerprint density at radius 1 is 1.60 bits per heavy atom. The second-order valence-corrected chi connectivity index (χ2v) is 4.92. The van der Waals surface area contributed by atoms with Crippen LogP contribution in [0.4, 0.5) is 5.95 Å². The van der Waals surface area contributed by atoms with Gasteiger partial charge in [0.25, 0.3) is 0 Å². The third kappa shape index (κ3) is 3.31. The molecule has 1 N–H and O–H groups in total. The van der Waals surface area contributed by atoms with Gasteiger partial charge in [0.15, 0.2) is 0 Å². The summed E-state index contributed by atoms with van der Waals surface area (Å²) in [6, 6.07) is 0. The highest BCUT2D eigenvalue weighted by Gasteiger charge is 2.21. The minimum atomic E-state index is -0.151. The van der Waals surface area contributed by atoms with Gasteiger partial charge in [0, 0.05) is 12.1 Å². The van der Waals surface area contributed by atoms with Crippen LogP contribution in [0, 0.1) is 6.92 Å². The lowest BCUT2D eigenvalue weighted by atomic mass is 10.0. The normalized spacial score (nSPS) is 14.7. The zero-order valence-corrected chi connectivity index (χ0v) is 11.5. The molecule has 0 bridgehead atoms. The lowest BCUT2D eigenvalue weighted by Gasteiger charge is -2.27. The molecule has 0 saturated heterocycles. The maximum atomic E-state index is 5.90. The van der Waals surface area contributed by atoms with Gasteiger partial charge in [0.05, 0.1) is 15.7 Å². The maximum absolute atomic E-state index is 5.90. The van der Waals surface area contributed by atoms with Crippen molar-refractivity contribution < 1.29 is 0 Å². The fourth-order valence-electron chi connectivity index (χ4n) is 0.999. The van der Waals surface area contributed by atoms with Crippen LogP contribution in [0.3, 0.4) is 0 Å². The minimum Gasteiger partial charge on any atom is -0.348 e. The van der Waals surface area contributed by atoms with Crippen LogP contribution >= 0.6 is 27.5 Å². The van der Waals surface area contributed by atoms with E-state index < -0.39 is 0 Å². The Labute approximate surface area is 104 Å². The van der Waals surface area contributed by atoms with E-state index in [2.05, 4.69) is 45.1 Å². The van der Waals surface area contributed by atoms with E-state index in [0.717, 1.165) is 16.6 Å². The standard InChI is InChI=1S/C10H15BrClN3/c1-4-10(3,6-12)15-9-13-5-8(11)7(2)14-9/h5H,4,6H2,1-3H3,(H,13,14,15). The molecule has 15 heavy (non-hydrogen) atoms. The first-order chi connectivity index (χ1) is 7.00. The molecule has 0 spiro atoms. The Bertz CT molecular complexity index is 339. The quantitative estimate of drug-likeness (QED) is 0.865. The number of nitrogens with zero attached hydrogens (tertiary/aromatic N) is 2. The summed E-state index contributed by atoms with van der Waals surface area (Å²) < 4.78 is 0.914. The van der Waals surface area contributed by atoms with Crippen LogP contribution in [0.25, 0.3) is 0 Å². The molecule has 0 aromatic carbocycles. The molecule has 1 unspecified atom stereocenters. The summed E-state index contributed by atoms with van der Waals surface area (Å²) in [7, 11) is 0. The van der Waals surface area contributed by atoms with Crippen LogP contribution in [-0.2, 0) is 0 Å². The van der Waals surface area contributed by atoms with E-state index in [1.165, 1.54) is 0 Å². The third-order valence-electron chi connectivity index (χ3n) is 2.41. The van der Waals surface area contributed by atoms with Crippen molar-refractivity contribution in [1.82, 2.24) is 9.97 Å². The van der Waals surface area contributed by atoms with Gasteiger partial charge in [-0.2, -0.15) is 0 Å². The average molecular weight is 293 g/mol. The zero-order chi connectivity index (χ0) is 11.5. The molecule has 1 atom stereocenters. The van der Waals surface area contributed by atoms with Gasteiger partial charge in [-0.05, 0) is 36.2 Å². The van der Waals surface area contributed by atoms with Crippen LogP contribution in [-0.4, -0.2) is 21.4 Å². The summed E-state index contributed by atoms with van der Waals surface area (Å²) in [6.07, 6.45) is 2.67. The summed E-state index contributed by atoms with van der Waals surface area (Å²) in [5.74, 6) is 1.16. The van der Waals surface area contributed by atoms with Gasteiger partial charge < -0.3 is 5.32 Å². The summed E-state index contributed by atoms with van der Waals surface area (Å²) in [5, 5.41) is 3.25. The van der Waals surface area contributed by atoms with Gasteiger partial charge in [0.2, 0.25) is 5.95 Å². The van der Waals surface area contributed by atoms with Crippen molar-refractivity contribution in [3.8, 4) is 0 Å². The SMILES string of the molecule is CCC(C)(CCl)Nc1ncc(Br)c(C)n1. The fourth-order valence-corrected chi connectivity index (χ4v) is 1.45. The molecule has 0 saturated carbocycles. The molecule has 0 fully saturated rings. The van der Waals surface area contributed by atoms with Gasteiger partial charge in [-0.3, -0.25) is 0 Å². The number of halogens is 2. The van der Waals surface area contributed by atoms with Crippen molar-refractivity contribution in [3.05, 3.63) is 16.4 Å². The van der Waals surface area contributed by atoms with E-state index >= 15 is 0 Å². The highest BCUT2D eigenvalue weighted by atomic mass is 79.9. The van der Waals surface area contributed by atoms with Crippen LogP contribution < -0.4 is 5.32 Å². The van der Waals surface area contributed by atoms with E-state index in [9.17, 15) is 0 Å². The Morgan fingerprint density at radius 2 is 2.27 bits per heavy atom. The Balaban J connectivity index is 2.85. The number of anilines is 1. The molecule has 5 heteroatoms. The second-order valence-electron chi connectivity index (χ2n) is 3.80. The zero-order valence-electron chi connectivity index (χ0n) is 9.14. The van der Waals surface area contributed by atoms with E-state index in [1.807, 2.05) is 6.92 Å². The van der Waals surface area contributed by atoms with Crippen LogP contribution in [0.15, 0.2) is 10.7 Å². The number of aryl methyl sites for hydroxylation is 1. The molecular formula is C10H15BrClN3. The number of hydrogen-bond acceptors (Lipinski definition) is 3. The summed E-state index contributed by atoms with van der Waals surface area (Å²) in [5.41, 5.74) is 0.766. The summed E-state index contributed by atoms with van der Waals surface area (Å²) in [6.45, 7) is 6.07. The lowest BCUT2D eigenvalue weighted by Crippen LogP contribution is -2.36. The van der Waals surface area contributed by atoms with Gasteiger partial charge in [-0.25, -0.2) is 9.97 Å². The molecular weight excluding hydrogens is 277 g/mol. The monoisotopic (exact) mass is 291 g/mol. The van der Waals surface area contributed by atoms with Crippen molar-refractivity contribution in [2.75, 3.05) is 11.2 Å². The predicted octanol–water partition coefficient (Wildman–Crippen LogP) is 3.37. The van der Waals surface area contributed by atoms with Gasteiger partial charge >= 0.3 is 0 Å². The van der Waals surface area contributed by atoms with Gasteiger partial charge in [0.1, 0.15) is 0 Å². The molecule has 0 aliphatic carbocycles. The first kappa shape index (κ1) is 12.7. The molecule has 1 aromatic heterocycles. The number of rotatable bonds is 4. The third-order valence-corrected chi connectivity index (χ3v) is 3.78. The van der Waals surface area contributed by atoms with Gasteiger partial charge in [-0.1, -0.05) is 6.92 Å². The van der Waals surface area contributed by atoms with Crippen molar-refractivity contribution >= 4 is 33.5 Å². The molecule has 84 valence electrons. The van der Waals surface area contributed by atoms with E-state index in [4.69, 9.17) is 11.6 Å². The number of aromatic nitrogens is 2. The Kier molecular flexibility index (Phi) is 4.34. The molecule has 1 heterocycles. The molecule has 0 radical (unpaired) electrons. The van der Waals surface area contributed by atoms with E-state index in [0.29, 0.717) is 11.8 Å². The lowest BCUT2D eigenvalue weighted by molar-refractivity contribution is 0.548. The van der Waals surface area contributed by atoms with E-state index in [-0.39, 0.29) is 5.54 Å². The maximum Gasteiger partial charge on any atom is 0.223 e. The molecule has 3 nitrogen and oxygen atoms in total. The topological polar surface area (TPSA) is 37.8 Å². The van der Waals surface area contributed by atoms with Crippen LogP contribution in [0.1, 0.15) is 26.0 Å². The largest absolute Gasteiger partial charge is 0.348 e. The predicted molar refractivity (Wildman–Crippen MR) is 67.5 cm³/mol.